The number of hydrogen-bond acceptors (Lipinski definition) is 2. The number of nitrogens with zero attached hydrogens (tertiary/aromatic N) is 2. The van der Waals surface area contributed by atoms with Gasteiger partial charge in [-0.3, -0.25) is 4.68 Å². The highest BCUT2D eigenvalue weighted by atomic mass is 16.1. The Hall–Kier alpha value is -1.12. The lowest BCUT2D eigenvalue weighted by Crippen LogP contribution is -2.07. The second-order valence-electron chi connectivity index (χ2n) is 4.06. The molecule has 0 N–H and O–H groups in total. The number of carbonyl (C=O) groups excluding carboxylic acids is 1. The van der Waals surface area contributed by atoms with Crippen molar-refractivity contribution >= 4 is 6.29 Å². The van der Waals surface area contributed by atoms with E-state index < -0.39 is 0 Å². The highest BCUT2D eigenvalue weighted by Gasteiger charge is 2.43. The van der Waals surface area contributed by atoms with Crippen molar-refractivity contribution in [1.82, 2.24) is 9.78 Å². The molecule has 3 nitrogen and oxygen atoms in total. The Balaban J connectivity index is 2.14. The molecule has 0 atom stereocenters. The normalized spacial score (nSPS) is 18.6. The molecule has 1 aliphatic carbocycles. The molecule has 0 bridgehead atoms. The second kappa shape index (κ2) is 2.69. The molecule has 1 aromatic rings. The van der Waals surface area contributed by atoms with Crippen molar-refractivity contribution in [3.05, 3.63) is 17.5 Å². The topological polar surface area (TPSA) is 34.9 Å². The number of carbonyl (C=O) groups is 1. The number of aldehydes is 1. The van der Waals surface area contributed by atoms with E-state index in [2.05, 4.69) is 11.2 Å². The molecule has 1 heterocycles. The van der Waals surface area contributed by atoms with Crippen LogP contribution in [0.25, 0.3) is 0 Å². The van der Waals surface area contributed by atoms with Gasteiger partial charge in [0, 0.05) is 24.6 Å². The molecule has 0 spiro atoms. The van der Waals surface area contributed by atoms with E-state index in [-0.39, 0.29) is 5.41 Å². The molecule has 1 fully saturated rings. The van der Waals surface area contributed by atoms with Gasteiger partial charge < -0.3 is 4.79 Å². The maximum atomic E-state index is 10.8. The van der Waals surface area contributed by atoms with Crippen molar-refractivity contribution in [1.29, 1.82) is 0 Å². The van der Waals surface area contributed by atoms with Crippen LogP contribution in [0, 0.1) is 12.3 Å². The molecule has 1 aliphatic rings. The quantitative estimate of drug-likeness (QED) is 0.653. The van der Waals surface area contributed by atoms with Gasteiger partial charge in [-0.2, -0.15) is 5.10 Å². The lowest BCUT2D eigenvalue weighted by Gasteiger charge is -2.01. The minimum atomic E-state index is -0.0548. The second-order valence-corrected chi connectivity index (χ2v) is 4.06. The van der Waals surface area contributed by atoms with Crippen LogP contribution in [0.3, 0.4) is 0 Å². The molecule has 13 heavy (non-hydrogen) atoms. The largest absolute Gasteiger partial charge is 0.303 e. The molecule has 1 saturated carbocycles. The summed E-state index contributed by atoms with van der Waals surface area (Å²) < 4.78 is 1.86. The fourth-order valence-corrected chi connectivity index (χ4v) is 1.58. The van der Waals surface area contributed by atoms with E-state index in [1.165, 1.54) is 0 Å². The van der Waals surface area contributed by atoms with Gasteiger partial charge in [-0.05, 0) is 25.8 Å². The van der Waals surface area contributed by atoms with Crippen LogP contribution in [-0.2, 0) is 18.3 Å². The van der Waals surface area contributed by atoms with E-state index in [0.717, 1.165) is 36.9 Å². The highest BCUT2D eigenvalue weighted by molar-refractivity contribution is 5.64. The predicted octanol–water partition coefficient (Wildman–Crippen LogP) is 1.25. The molecule has 0 unspecified atom stereocenters. The van der Waals surface area contributed by atoms with Crippen molar-refractivity contribution in [3.8, 4) is 0 Å². The molecule has 0 aromatic carbocycles. The summed E-state index contributed by atoms with van der Waals surface area (Å²) in [5.74, 6) is 0. The van der Waals surface area contributed by atoms with Gasteiger partial charge in [0.2, 0.25) is 0 Å². The van der Waals surface area contributed by atoms with Crippen molar-refractivity contribution in [2.45, 2.75) is 26.2 Å². The van der Waals surface area contributed by atoms with Crippen LogP contribution in [0.4, 0.5) is 0 Å². The van der Waals surface area contributed by atoms with Crippen molar-refractivity contribution < 1.29 is 4.79 Å². The Kier molecular flexibility index (Phi) is 1.75. The first-order valence-electron chi connectivity index (χ1n) is 4.61. The Morgan fingerprint density at radius 3 is 2.77 bits per heavy atom. The van der Waals surface area contributed by atoms with Crippen LogP contribution in [0.5, 0.6) is 0 Å². The van der Waals surface area contributed by atoms with Gasteiger partial charge in [-0.15, -0.1) is 0 Å². The molecule has 0 saturated heterocycles. The van der Waals surface area contributed by atoms with Crippen LogP contribution in [0.15, 0.2) is 6.07 Å². The summed E-state index contributed by atoms with van der Waals surface area (Å²) in [5, 5.41) is 4.34. The summed E-state index contributed by atoms with van der Waals surface area (Å²) in [6, 6.07) is 2.06. The van der Waals surface area contributed by atoms with Gasteiger partial charge >= 0.3 is 0 Å². The smallest absolute Gasteiger partial charge is 0.126 e. The minimum Gasteiger partial charge on any atom is -0.303 e. The van der Waals surface area contributed by atoms with Gasteiger partial charge in [0.15, 0.2) is 0 Å². The van der Waals surface area contributed by atoms with Crippen LogP contribution in [0.2, 0.25) is 0 Å². The first-order chi connectivity index (χ1) is 6.15. The fourth-order valence-electron chi connectivity index (χ4n) is 1.58. The maximum absolute atomic E-state index is 10.8. The van der Waals surface area contributed by atoms with Gasteiger partial charge in [-0.1, -0.05) is 0 Å². The minimum absolute atomic E-state index is 0.0548. The highest BCUT2D eigenvalue weighted by Crippen LogP contribution is 2.46. The van der Waals surface area contributed by atoms with Gasteiger partial charge in [0.1, 0.15) is 6.29 Å². The van der Waals surface area contributed by atoms with Crippen LogP contribution in [0.1, 0.15) is 24.2 Å². The van der Waals surface area contributed by atoms with E-state index in [9.17, 15) is 4.79 Å². The molecule has 0 radical (unpaired) electrons. The number of rotatable bonds is 3. The Labute approximate surface area is 77.7 Å². The molecule has 0 aliphatic heterocycles. The van der Waals surface area contributed by atoms with Crippen molar-refractivity contribution in [2.24, 2.45) is 12.5 Å². The van der Waals surface area contributed by atoms with E-state index in [1.54, 1.807) is 0 Å². The molecule has 3 heteroatoms. The summed E-state index contributed by atoms with van der Waals surface area (Å²) in [5.41, 5.74) is 2.14. The molecule has 0 amide bonds. The summed E-state index contributed by atoms with van der Waals surface area (Å²) in [6.07, 6.45) is 3.98. The maximum Gasteiger partial charge on any atom is 0.126 e. The predicted molar refractivity (Wildman–Crippen MR) is 49.4 cm³/mol. The van der Waals surface area contributed by atoms with Crippen LogP contribution >= 0.6 is 0 Å². The van der Waals surface area contributed by atoms with Gasteiger partial charge in [0.05, 0.1) is 5.69 Å². The lowest BCUT2D eigenvalue weighted by molar-refractivity contribution is -0.112. The zero-order valence-corrected chi connectivity index (χ0v) is 8.08. The standard InChI is InChI=1S/C10H14N2O/c1-8-5-9(11-12(8)2)6-10(7-13)3-4-10/h5,7H,3-4,6H2,1-2H3. The monoisotopic (exact) mass is 178 g/mol. The van der Waals surface area contributed by atoms with Crippen molar-refractivity contribution in [2.75, 3.05) is 0 Å². The van der Waals surface area contributed by atoms with Crippen molar-refractivity contribution in [3.63, 3.8) is 0 Å². The third-order valence-electron chi connectivity index (χ3n) is 2.84. The SMILES string of the molecule is Cc1cc(CC2(C=O)CC2)nn1C. The number of aryl methyl sites for hydroxylation is 2. The summed E-state index contributed by atoms with van der Waals surface area (Å²) in [4.78, 5) is 10.8. The number of hydrogen-bond donors (Lipinski definition) is 0. The average Bonchev–Trinajstić information content (AvgIpc) is 2.78. The van der Waals surface area contributed by atoms with E-state index in [4.69, 9.17) is 0 Å². The zero-order chi connectivity index (χ0) is 9.47. The summed E-state index contributed by atoms with van der Waals surface area (Å²) in [7, 11) is 1.93. The Bertz CT molecular complexity index is 317. The summed E-state index contributed by atoms with van der Waals surface area (Å²) >= 11 is 0. The Morgan fingerprint density at radius 1 is 1.69 bits per heavy atom. The third kappa shape index (κ3) is 1.50. The Morgan fingerprint density at radius 2 is 2.38 bits per heavy atom. The van der Waals surface area contributed by atoms with Crippen LogP contribution < -0.4 is 0 Å². The molecular formula is C10H14N2O. The third-order valence-corrected chi connectivity index (χ3v) is 2.84. The van der Waals surface area contributed by atoms with E-state index in [1.807, 2.05) is 18.7 Å². The summed E-state index contributed by atoms with van der Waals surface area (Å²) in [6.45, 7) is 2.02. The van der Waals surface area contributed by atoms with Gasteiger partial charge in [0.25, 0.3) is 0 Å². The molecule has 70 valence electrons. The molecule has 2 rings (SSSR count). The molecular weight excluding hydrogens is 164 g/mol. The first kappa shape index (κ1) is 8.48. The number of aromatic nitrogens is 2. The van der Waals surface area contributed by atoms with E-state index >= 15 is 0 Å². The first-order valence-corrected chi connectivity index (χ1v) is 4.61. The van der Waals surface area contributed by atoms with Crippen LogP contribution in [-0.4, -0.2) is 16.1 Å². The molecule has 1 aromatic heterocycles. The fraction of sp³-hybridized carbons (Fsp3) is 0.600. The average molecular weight is 178 g/mol. The van der Waals surface area contributed by atoms with Gasteiger partial charge in [-0.25, -0.2) is 0 Å². The zero-order valence-electron chi connectivity index (χ0n) is 8.08. The van der Waals surface area contributed by atoms with E-state index in [0.29, 0.717) is 0 Å². The lowest BCUT2D eigenvalue weighted by atomic mass is 10.0.